The monoisotopic (exact) mass is 306 g/mol. The van der Waals surface area contributed by atoms with Crippen molar-refractivity contribution in [1.82, 2.24) is 5.43 Å². The predicted octanol–water partition coefficient (Wildman–Crippen LogP) is 1.98. The number of carbonyl (C=O) groups is 2. The Hall–Kier alpha value is -1.82. The number of hydrazone groups is 1. The summed E-state index contributed by atoms with van der Waals surface area (Å²) < 4.78 is 4.87. The van der Waals surface area contributed by atoms with Crippen LogP contribution in [0.25, 0.3) is 0 Å². The maximum atomic E-state index is 11.7. The van der Waals surface area contributed by atoms with Gasteiger partial charge < -0.3 is 4.74 Å². The molecule has 1 saturated heterocycles. The lowest BCUT2D eigenvalue weighted by Gasteiger charge is -2.05. The van der Waals surface area contributed by atoms with Crippen LogP contribution in [0.2, 0.25) is 0 Å². The molecule has 1 aliphatic heterocycles. The maximum Gasteiger partial charge on any atom is 0.314 e. The Morgan fingerprint density at radius 1 is 1.43 bits per heavy atom. The number of nitrogens with zero attached hydrogens (tertiary/aromatic N) is 1. The molecule has 21 heavy (non-hydrogen) atoms. The van der Waals surface area contributed by atoms with E-state index in [9.17, 15) is 9.59 Å². The number of amides is 1. The first kappa shape index (κ1) is 15.6. The number of hydrogen-bond acceptors (Lipinski definition) is 5. The van der Waals surface area contributed by atoms with E-state index >= 15 is 0 Å². The summed E-state index contributed by atoms with van der Waals surface area (Å²) in [6, 6.07) is 9.97. The summed E-state index contributed by atoms with van der Waals surface area (Å²) >= 11 is 1.53. The molecule has 1 aromatic rings. The highest BCUT2D eigenvalue weighted by atomic mass is 32.2. The standard InChI is InChI=1S/C15H18N2O3S/c1-11(13-7-8-20-15(13)19)16-17-14(18)10-21-9-12-5-3-2-4-6-12/h2-6,13H,7-10H2,1H3,(H,17,18)/b16-11+. The van der Waals surface area contributed by atoms with Crippen molar-refractivity contribution in [2.45, 2.75) is 19.1 Å². The molecular weight excluding hydrogens is 288 g/mol. The van der Waals surface area contributed by atoms with Crippen LogP contribution in [-0.4, -0.2) is 29.9 Å². The lowest BCUT2D eigenvalue weighted by molar-refractivity contribution is -0.139. The van der Waals surface area contributed by atoms with Crippen LogP contribution in [0.5, 0.6) is 0 Å². The second kappa shape index (κ2) is 7.83. The van der Waals surface area contributed by atoms with Gasteiger partial charge in [0.05, 0.1) is 18.3 Å². The molecule has 1 unspecified atom stereocenters. The van der Waals surface area contributed by atoms with Crippen molar-refractivity contribution in [3.63, 3.8) is 0 Å². The third kappa shape index (κ3) is 4.90. The van der Waals surface area contributed by atoms with Gasteiger partial charge >= 0.3 is 5.97 Å². The predicted molar refractivity (Wildman–Crippen MR) is 82.9 cm³/mol. The van der Waals surface area contributed by atoms with E-state index in [0.29, 0.717) is 24.5 Å². The van der Waals surface area contributed by atoms with Gasteiger partial charge in [0.15, 0.2) is 0 Å². The van der Waals surface area contributed by atoms with Gasteiger partial charge in [-0.2, -0.15) is 5.10 Å². The van der Waals surface area contributed by atoms with Gasteiger partial charge in [0.1, 0.15) is 0 Å². The molecule has 1 fully saturated rings. The van der Waals surface area contributed by atoms with Crippen LogP contribution in [0.4, 0.5) is 0 Å². The number of ether oxygens (including phenoxy) is 1. The molecule has 6 heteroatoms. The van der Waals surface area contributed by atoms with Gasteiger partial charge in [-0.1, -0.05) is 30.3 Å². The second-order valence-electron chi connectivity index (χ2n) is 4.78. The van der Waals surface area contributed by atoms with Crippen LogP contribution in [0.3, 0.4) is 0 Å². The Morgan fingerprint density at radius 3 is 2.86 bits per heavy atom. The van der Waals surface area contributed by atoms with Crippen LogP contribution >= 0.6 is 11.8 Å². The number of benzene rings is 1. The molecule has 1 atom stereocenters. The first-order valence-corrected chi connectivity index (χ1v) is 7.93. The Bertz CT molecular complexity index is 531. The lowest BCUT2D eigenvalue weighted by atomic mass is 10.0. The fraction of sp³-hybridized carbons (Fsp3) is 0.400. The Kier molecular flexibility index (Phi) is 5.80. The molecular formula is C15H18N2O3S. The highest BCUT2D eigenvalue weighted by Gasteiger charge is 2.29. The number of cyclic esters (lactones) is 1. The van der Waals surface area contributed by atoms with Crippen LogP contribution in [0.1, 0.15) is 18.9 Å². The fourth-order valence-electron chi connectivity index (χ4n) is 1.97. The number of hydrogen-bond donors (Lipinski definition) is 1. The molecule has 1 aromatic carbocycles. The highest BCUT2D eigenvalue weighted by Crippen LogP contribution is 2.16. The first-order valence-electron chi connectivity index (χ1n) is 6.78. The van der Waals surface area contributed by atoms with Gasteiger partial charge in [0.25, 0.3) is 0 Å². The second-order valence-corrected chi connectivity index (χ2v) is 5.76. The van der Waals surface area contributed by atoms with Crippen LogP contribution in [0, 0.1) is 5.92 Å². The third-order valence-electron chi connectivity index (χ3n) is 3.14. The fourth-order valence-corrected chi connectivity index (χ4v) is 2.75. The minimum absolute atomic E-state index is 0.165. The average Bonchev–Trinajstić information content (AvgIpc) is 2.92. The van der Waals surface area contributed by atoms with Gasteiger partial charge in [-0.3, -0.25) is 9.59 Å². The molecule has 0 aliphatic carbocycles. The lowest BCUT2D eigenvalue weighted by Crippen LogP contribution is -2.25. The molecule has 1 aliphatic rings. The minimum Gasteiger partial charge on any atom is -0.465 e. The molecule has 0 bridgehead atoms. The minimum atomic E-state index is -0.317. The number of nitrogens with one attached hydrogen (secondary N) is 1. The quantitative estimate of drug-likeness (QED) is 0.496. The van der Waals surface area contributed by atoms with Crippen molar-refractivity contribution in [3.05, 3.63) is 35.9 Å². The Labute approximate surface area is 128 Å². The average molecular weight is 306 g/mol. The summed E-state index contributed by atoms with van der Waals surface area (Å²) in [5.41, 5.74) is 4.27. The summed E-state index contributed by atoms with van der Waals surface area (Å²) in [5, 5.41) is 3.99. The van der Waals surface area contributed by atoms with Gasteiger partial charge in [-0.05, 0) is 12.5 Å². The largest absolute Gasteiger partial charge is 0.465 e. The van der Waals surface area contributed by atoms with Gasteiger partial charge in [0, 0.05) is 17.9 Å². The highest BCUT2D eigenvalue weighted by molar-refractivity contribution is 7.99. The summed E-state index contributed by atoms with van der Waals surface area (Å²) in [4.78, 5) is 23.0. The van der Waals surface area contributed by atoms with Crippen LogP contribution < -0.4 is 5.43 Å². The maximum absolute atomic E-state index is 11.7. The third-order valence-corrected chi connectivity index (χ3v) is 4.15. The Balaban J connectivity index is 1.71. The molecule has 5 nitrogen and oxygen atoms in total. The van der Waals surface area contributed by atoms with Gasteiger partial charge in [-0.25, -0.2) is 5.43 Å². The molecule has 1 amide bonds. The van der Waals surface area contributed by atoms with Gasteiger partial charge in [-0.15, -0.1) is 11.8 Å². The molecule has 2 rings (SSSR count). The van der Waals surface area contributed by atoms with E-state index in [1.807, 2.05) is 30.3 Å². The van der Waals surface area contributed by atoms with Crippen molar-refractivity contribution < 1.29 is 14.3 Å². The van der Waals surface area contributed by atoms with Crippen molar-refractivity contribution in [1.29, 1.82) is 0 Å². The van der Waals surface area contributed by atoms with E-state index in [-0.39, 0.29) is 17.8 Å². The zero-order valence-corrected chi connectivity index (χ0v) is 12.7. The van der Waals surface area contributed by atoms with E-state index in [2.05, 4.69) is 10.5 Å². The number of esters is 1. The van der Waals surface area contributed by atoms with Crippen molar-refractivity contribution in [3.8, 4) is 0 Å². The zero-order valence-electron chi connectivity index (χ0n) is 11.9. The van der Waals surface area contributed by atoms with Gasteiger partial charge in [0.2, 0.25) is 5.91 Å². The number of thioether (sulfide) groups is 1. The first-order chi connectivity index (χ1) is 10.2. The topological polar surface area (TPSA) is 67.8 Å². The van der Waals surface area contributed by atoms with Crippen LogP contribution in [-0.2, 0) is 20.1 Å². The summed E-state index contributed by atoms with van der Waals surface area (Å²) in [6.07, 6.45) is 0.632. The van der Waals surface area contributed by atoms with Crippen molar-refractivity contribution in [2.75, 3.05) is 12.4 Å². The molecule has 0 spiro atoms. The van der Waals surface area contributed by atoms with E-state index in [1.54, 1.807) is 6.92 Å². The van der Waals surface area contributed by atoms with E-state index < -0.39 is 0 Å². The van der Waals surface area contributed by atoms with E-state index in [1.165, 1.54) is 17.3 Å². The van der Waals surface area contributed by atoms with Crippen molar-refractivity contribution in [2.24, 2.45) is 11.0 Å². The van der Waals surface area contributed by atoms with Crippen LogP contribution in [0.15, 0.2) is 35.4 Å². The van der Waals surface area contributed by atoms with Crippen molar-refractivity contribution >= 4 is 29.4 Å². The zero-order chi connectivity index (χ0) is 15.1. The normalized spacial score (nSPS) is 18.4. The SMILES string of the molecule is C/C(=N\NC(=O)CSCc1ccccc1)C1CCOC1=O. The number of carbonyl (C=O) groups excluding carboxylic acids is 2. The smallest absolute Gasteiger partial charge is 0.314 e. The number of rotatable bonds is 6. The molecule has 1 N–H and O–H groups in total. The molecule has 0 saturated carbocycles. The molecule has 0 aromatic heterocycles. The van der Waals surface area contributed by atoms with E-state index in [4.69, 9.17) is 4.74 Å². The summed E-state index contributed by atoms with van der Waals surface area (Å²) in [7, 11) is 0. The molecule has 1 heterocycles. The molecule has 0 radical (unpaired) electrons. The molecule has 112 valence electrons. The van der Waals surface area contributed by atoms with E-state index in [0.717, 1.165) is 5.75 Å². The summed E-state index contributed by atoms with van der Waals surface area (Å²) in [6.45, 7) is 2.16. The summed E-state index contributed by atoms with van der Waals surface area (Å²) in [5.74, 6) is 0.375. The Morgan fingerprint density at radius 2 is 2.19 bits per heavy atom.